The van der Waals surface area contributed by atoms with Crippen LogP contribution in [0.15, 0.2) is 18.2 Å². The van der Waals surface area contributed by atoms with Gasteiger partial charge in [0.2, 0.25) is 0 Å². The molecule has 1 rings (SSSR count). The molecule has 0 aliphatic rings. The van der Waals surface area contributed by atoms with Crippen LogP contribution in [0.1, 0.15) is 11.6 Å². The van der Waals surface area contributed by atoms with Gasteiger partial charge in [-0.05, 0) is 24.7 Å². The Morgan fingerprint density at radius 2 is 2.00 bits per heavy atom. The molecular weight excluding hydrogens is 272 g/mol. The molecule has 0 aromatic heterocycles. The van der Waals surface area contributed by atoms with E-state index in [2.05, 4.69) is 10.1 Å². The Hall–Kier alpha value is -0.480. The summed E-state index contributed by atoms with van der Waals surface area (Å²) in [6.45, 7) is 0. The lowest BCUT2D eigenvalue weighted by molar-refractivity contribution is -0.143. The molecule has 90 valence electrons. The van der Waals surface area contributed by atoms with Gasteiger partial charge < -0.3 is 10.1 Å². The number of likely N-dealkylation sites (N-methyl/N-ethyl adjacent to an activating group) is 1. The first-order valence-corrected chi connectivity index (χ1v) is 5.05. The van der Waals surface area contributed by atoms with Crippen LogP contribution in [0, 0.1) is 0 Å². The van der Waals surface area contributed by atoms with Crippen LogP contribution in [0.5, 0.6) is 0 Å². The molecule has 0 saturated heterocycles. The molecule has 0 spiro atoms. The van der Waals surface area contributed by atoms with E-state index in [1.54, 1.807) is 25.2 Å². The van der Waals surface area contributed by atoms with Gasteiger partial charge in [0, 0.05) is 0 Å². The molecule has 0 fully saturated rings. The average Bonchev–Trinajstić information content (AvgIpc) is 2.24. The molecule has 6 heteroatoms. The maximum absolute atomic E-state index is 11.4. The van der Waals surface area contributed by atoms with Gasteiger partial charge in [0.1, 0.15) is 6.04 Å². The maximum atomic E-state index is 11.4. The Morgan fingerprint density at radius 3 is 2.44 bits per heavy atom. The van der Waals surface area contributed by atoms with E-state index in [1.807, 2.05) is 0 Å². The van der Waals surface area contributed by atoms with Crippen molar-refractivity contribution in [1.82, 2.24) is 5.32 Å². The average molecular weight is 285 g/mol. The number of halogens is 3. The minimum absolute atomic E-state index is 0. The van der Waals surface area contributed by atoms with E-state index in [-0.39, 0.29) is 18.4 Å². The van der Waals surface area contributed by atoms with Gasteiger partial charge in [0.15, 0.2) is 0 Å². The summed E-state index contributed by atoms with van der Waals surface area (Å²) in [5.74, 6) is -0.365. The van der Waals surface area contributed by atoms with Gasteiger partial charge in [-0.1, -0.05) is 29.3 Å². The smallest absolute Gasteiger partial charge is 0.327 e. The van der Waals surface area contributed by atoms with E-state index in [0.29, 0.717) is 10.0 Å². The lowest BCUT2D eigenvalue weighted by Crippen LogP contribution is -2.26. The molecule has 1 unspecified atom stereocenters. The van der Waals surface area contributed by atoms with E-state index in [1.165, 1.54) is 7.11 Å². The number of ether oxygens (including phenoxy) is 1. The molecule has 0 aliphatic carbocycles. The van der Waals surface area contributed by atoms with Crippen molar-refractivity contribution in [3.05, 3.63) is 33.8 Å². The largest absolute Gasteiger partial charge is 0.468 e. The van der Waals surface area contributed by atoms with Crippen LogP contribution < -0.4 is 5.32 Å². The fourth-order valence-corrected chi connectivity index (χ4v) is 1.54. The van der Waals surface area contributed by atoms with Crippen molar-refractivity contribution in [2.75, 3.05) is 14.2 Å². The second-order valence-corrected chi connectivity index (χ2v) is 3.73. The first kappa shape index (κ1) is 15.5. The summed E-state index contributed by atoms with van der Waals surface area (Å²) >= 11 is 11.6. The molecular formula is C10H12Cl3NO2. The van der Waals surface area contributed by atoms with Crippen LogP contribution in [0.25, 0.3) is 0 Å². The molecule has 1 atom stereocenters. The van der Waals surface area contributed by atoms with Gasteiger partial charge in [-0.25, -0.2) is 4.79 Å². The minimum atomic E-state index is -0.523. The molecule has 1 aromatic rings. The molecule has 0 heterocycles. The minimum Gasteiger partial charge on any atom is -0.468 e. The first-order valence-electron chi connectivity index (χ1n) is 4.30. The number of hydrogen-bond donors (Lipinski definition) is 1. The monoisotopic (exact) mass is 283 g/mol. The van der Waals surface area contributed by atoms with Crippen LogP contribution in [0.3, 0.4) is 0 Å². The zero-order valence-corrected chi connectivity index (χ0v) is 11.1. The standard InChI is InChI=1S/C10H11Cl2NO2.ClH/c1-13-9(10(14)15-2)6-3-4-7(11)8(12)5-6;/h3-5,9,13H,1-2H3;1H. The lowest BCUT2D eigenvalue weighted by Gasteiger charge is -2.14. The summed E-state index contributed by atoms with van der Waals surface area (Å²) in [5, 5.41) is 3.71. The summed E-state index contributed by atoms with van der Waals surface area (Å²) in [6.07, 6.45) is 0. The second kappa shape index (κ2) is 6.97. The highest BCUT2D eigenvalue weighted by Crippen LogP contribution is 2.25. The highest BCUT2D eigenvalue weighted by Gasteiger charge is 2.19. The predicted molar refractivity (Wildman–Crippen MR) is 67.5 cm³/mol. The number of carbonyl (C=O) groups is 1. The van der Waals surface area contributed by atoms with Crippen LogP contribution in [-0.4, -0.2) is 20.1 Å². The zero-order chi connectivity index (χ0) is 11.4. The quantitative estimate of drug-likeness (QED) is 0.868. The number of benzene rings is 1. The number of hydrogen-bond acceptors (Lipinski definition) is 3. The van der Waals surface area contributed by atoms with Crippen molar-refractivity contribution in [2.45, 2.75) is 6.04 Å². The Kier molecular flexibility index (Phi) is 6.76. The number of rotatable bonds is 3. The number of methoxy groups -OCH3 is 1. The molecule has 3 nitrogen and oxygen atoms in total. The van der Waals surface area contributed by atoms with Crippen molar-refractivity contribution >= 4 is 41.6 Å². The number of esters is 1. The van der Waals surface area contributed by atoms with Gasteiger partial charge in [-0.15, -0.1) is 12.4 Å². The van der Waals surface area contributed by atoms with Crippen LogP contribution in [0.2, 0.25) is 10.0 Å². The SMILES string of the molecule is CNC(C(=O)OC)c1ccc(Cl)c(Cl)c1.Cl. The number of nitrogens with one attached hydrogen (secondary N) is 1. The van der Waals surface area contributed by atoms with Crippen molar-refractivity contribution in [2.24, 2.45) is 0 Å². The van der Waals surface area contributed by atoms with E-state index >= 15 is 0 Å². The van der Waals surface area contributed by atoms with Gasteiger partial charge in [0.25, 0.3) is 0 Å². The fraction of sp³-hybridized carbons (Fsp3) is 0.300. The normalized spacial score (nSPS) is 11.5. The Labute approximate surface area is 110 Å². The molecule has 0 saturated carbocycles. The van der Waals surface area contributed by atoms with E-state index < -0.39 is 6.04 Å². The third kappa shape index (κ3) is 3.52. The molecule has 1 aromatic carbocycles. The first-order chi connectivity index (χ1) is 7.10. The van der Waals surface area contributed by atoms with Crippen molar-refractivity contribution in [1.29, 1.82) is 0 Å². The van der Waals surface area contributed by atoms with Gasteiger partial charge in [-0.3, -0.25) is 0 Å². The molecule has 0 aliphatic heterocycles. The van der Waals surface area contributed by atoms with Gasteiger partial charge >= 0.3 is 5.97 Å². The third-order valence-electron chi connectivity index (χ3n) is 2.00. The van der Waals surface area contributed by atoms with Crippen molar-refractivity contribution in [3.8, 4) is 0 Å². The topological polar surface area (TPSA) is 38.3 Å². The van der Waals surface area contributed by atoms with Gasteiger partial charge in [0.05, 0.1) is 17.2 Å². The second-order valence-electron chi connectivity index (χ2n) is 2.92. The van der Waals surface area contributed by atoms with Crippen molar-refractivity contribution in [3.63, 3.8) is 0 Å². The third-order valence-corrected chi connectivity index (χ3v) is 2.74. The molecule has 16 heavy (non-hydrogen) atoms. The summed E-state index contributed by atoms with van der Waals surface area (Å²) in [7, 11) is 3.01. The highest BCUT2D eigenvalue weighted by atomic mass is 35.5. The lowest BCUT2D eigenvalue weighted by atomic mass is 10.1. The van der Waals surface area contributed by atoms with Crippen molar-refractivity contribution < 1.29 is 9.53 Å². The summed E-state index contributed by atoms with van der Waals surface area (Å²) < 4.78 is 4.65. The van der Waals surface area contributed by atoms with Crippen LogP contribution in [-0.2, 0) is 9.53 Å². The summed E-state index contributed by atoms with van der Waals surface area (Å²) in [4.78, 5) is 11.4. The Bertz CT molecular complexity index is 371. The van der Waals surface area contributed by atoms with Crippen LogP contribution >= 0.6 is 35.6 Å². The fourth-order valence-electron chi connectivity index (χ4n) is 1.23. The molecule has 0 bridgehead atoms. The molecule has 0 amide bonds. The zero-order valence-electron chi connectivity index (χ0n) is 8.79. The Balaban J connectivity index is 0.00000225. The molecule has 1 N–H and O–H groups in total. The summed E-state index contributed by atoms with van der Waals surface area (Å²) in [6, 6.07) is 4.49. The van der Waals surface area contributed by atoms with Crippen LogP contribution in [0.4, 0.5) is 0 Å². The Morgan fingerprint density at radius 1 is 1.38 bits per heavy atom. The highest BCUT2D eigenvalue weighted by molar-refractivity contribution is 6.42. The van der Waals surface area contributed by atoms with Gasteiger partial charge in [-0.2, -0.15) is 0 Å². The molecule has 0 radical (unpaired) electrons. The number of carbonyl (C=O) groups excluding carboxylic acids is 1. The van der Waals surface area contributed by atoms with E-state index in [9.17, 15) is 4.79 Å². The van der Waals surface area contributed by atoms with E-state index in [4.69, 9.17) is 23.2 Å². The predicted octanol–water partition coefficient (Wildman–Crippen LogP) is 2.85. The maximum Gasteiger partial charge on any atom is 0.327 e. The summed E-state index contributed by atoms with van der Waals surface area (Å²) in [5.41, 5.74) is 0.721. The van der Waals surface area contributed by atoms with E-state index in [0.717, 1.165) is 5.56 Å².